The van der Waals surface area contributed by atoms with Crippen LogP contribution in [0.3, 0.4) is 0 Å². The van der Waals surface area contributed by atoms with Crippen molar-refractivity contribution in [2.24, 2.45) is 5.92 Å². The van der Waals surface area contributed by atoms with Crippen molar-refractivity contribution in [3.8, 4) is 0 Å². The maximum Gasteiger partial charge on any atom is 0.321 e. The van der Waals surface area contributed by atoms with Crippen LogP contribution in [0.5, 0.6) is 0 Å². The number of nitrogens with zero attached hydrogens (tertiary/aromatic N) is 1. The summed E-state index contributed by atoms with van der Waals surface area (Å²) in [5, 5.41) is 11.5. The number of methoxy groups -OCH3 is 1. The van der Waals surface area contributed by atoms with Crippen LogP contribution >= 0.6 is 0 Å². The highest BCUT2D eigenvalue weighted by atomic mass is 16.5. The number of piperidine rings is 1. The van der Waals surface area contributed by atoms with Gasteiger partial charge in [0.15, 0.2) is 0 Å². The number of rotatable bonds is 7. The molecule has 1 aliphatic carbocycles. The molecule has 1 saturated heterocycles. The fourth-order valence-corrected chi connectivity index (χ4v) is 4.06. The molecule has 1 saturated carbocycles. The molecule has 4 N–H and O–H groups in total. The minimum atomic E-state index is -0.228. The lowest BCUT2D eigenvalue weighted by molar-refractivity contribution is -0.126. The van der Waals surface area contributed by atoms with Crippen molar-refractivity contribution >= 4 is 29.3 Å². The molecule has 170 valence electrons. The average Bonchev–Trinajstić information content (AvgIpc) is 3.28. The Morgan fingerprint density at radius 3 is 2.35 bits per heavy atom. The van der Waals surface area contributed by atoms with E-state index in [0.717, 1.165) is 38.5 Å². The van der Waals surface area contributed by atoms with Crippen LogP contribution in [-0.4, -0.2) is 62.3 Å². The molecule has 1 aromatic carbocycles. The van der Waals surface area contributed by atoms with Crippen LogP contribution in [0, 0.1) is 5.92 Å². The van der Waals surface area contributed by atoms with Gasteiger partial charge in [0.2, 0.25) is 5.91 Å². The molecular weight excluding hydrogens is 398 g/mol. The Kier molecular flexibility index (Phi) is 8.52. The molecule has 0 radical (unpaired) electrons. The quantitative estimate of drug-likeness (QED) is 0.497. The predicted molar refractivity (Wildman–Crippen MR) is 119 cm³/mol. The Morgan fingerprint density at radius 1 is 1.00 bits per heavy atom. The molecule has 3 rings (SSSR count). The van der Waals surface area contributed by atoms with Gasteiger partial charge in [0.05, 0.1) is 12.5 Å². The summed E-state index contributed by atoms with van der Waals surface area (Å²) in [5.41, 5.74) is 1.30. The molecule has 1 unspecified atom stereocenters. The summed E-state index contributed by atoms with van der Waals surface area (Å²) >= 11 is 0. The van der Waals surface area contributed by atoms with Gasteiger partial charge in [-0.2, -0.15) is 0 Å². The van der Waals surface area contributed by atoms with Crippen LogP contribution in [0.1, 0.15) is 38.5 Å². The molecular formula is C22H33N5O4. The number of ether oxygens (including phenoxy) is 1. The summed E-state index contributed by atoms with van der Waals surface area (Å²) in [6, 6.07) is 6.84. The van der Waals surface area contributed by atoms with E-state index in [0.29, 0.717) is 37.6 Å². The molecule has 9 nitrogen and oxygen atoms in total. The van der Waals surface area contributed by atoms with Gasteiger partial charge in [0.25, 0.3) is 0 Å². The number of likely N-dealkylation sites (tertiary alicyclic amines) is 1. The molecule has 2 aliphatic rings. The first-order valence-corrected chi connectivity index (χ1v) is 11.1. The number of anilines is 2. The van der Waals surface area contributed by atoms with Crippen molar-refractivity contribution in [3.63, 3.8) is 0 Å². The molecule has 2 fully saturated rings. The third-order valence-corrected chi connectivity index (χ3v) is 5.77. The van der Waals surface area contributed by atoms with Gasteiger partial charge in [-0.1, -0.05) is 12.8 Å². The number of nitrogens with one attached hydrogen (secondary N) is 4. The molecule has 1 aromatic rings. The number of carbonyl (C=O) groups excluding carboxylic acids is 3. The van der Waals surface area contributed by atoms with Crippen LogP contribution in [-0.2, 0) is 9.53 Å². The van der Waals surface area contributed by atoms with Crippen LogP contribution in [0.25, 0.3) is 0 Å². The van der Waals surface area contributed by atoms with E-state index >= 15 is 0 Å². The summed E-state index contributed by atoms with van der Waals surface area (Å²) in [5.74, 6) is -0.248. The average molecular weight is 432 g/mol. The van der Waals surface area contributed by atoms with Crippen LogP contribution in [0.2, 0.25) is 0 Å². The van der Waals surface area contributed by atoms with E-state index in [9.17, 15) is 14.4 Å². The second-order valence-corrected chi connectivity index (χ2v) is 8.16. The minimum absolute atomic E-state index is 0.0409. The number of urea groups is 2. The van der Waals surface area contributed by atoms with Gasteiger partial charge in [0, 0.05) is 44.2 Å². The highest BCUT2D eigenvalue weighted by molar-refractivity contribution is 5.92. The van der Waals surface area contributed by atoms with E-state index in [1.165, 1.54) is 0 Å². The molecule has 1 aliphatic heterocycles. The number of amides is 5. The predicted octanol–water partition coefficient (Wildman–Crippen LogP) is 2.76. The number of hydrogen-bond acceptors (Lipinski definition) is 4. The lowest BCUT2D eigenvalue weighted by Crippen LogP contribution is -2.47. The molecule has 31 heavy (non-hydrogen) atoms. The van der Waals surface area contributed by atoms with E-state index in [2.05, 4.69) is 21.3 Å². The Hall–Kier alpha value is -2.81. The monoisotopic (exact) mass is 431 g/mol. The van der Waals surface area contributed by atoms with E-state index in [-0.39, 0.29) is 29.9 Å². The summed E-state index contributed by atoms with van der Waals surface area (Å²) in [4.78, 5) is 38.6. The van der Waals surface area contributed by atoms with E-state index in [1.54, 1.807) is 36.3 Å². The third-order valence-electron chi connectivity index (χ3n) is 5.77. The Morgan fingerprint density at radius 2 is 1.68 bits per heavy atom. The van der Waals surface area contributed by atoms with Gasteiger partial charge < -0.3 is 30.9 Å². The first kappa shape index (κ1) is 22.9. The first-order valence-electron chi connectivity index (χ1n) is 11.1. The highest BCUT2D eigenvalue weighted by Crippen LogP contribution is 2.20. The second kappa shape index (κ2) is 11.5. The highest BCUT2D eigenvalue weighted by Gasteiger charge is 2.28. The Labute approximate surface area is 183 Å². The summed E-state index contributed by atoms with van der Waals surface area (Å²) < 4.78 is 4.95. The van der Waals surface area contributed by atoms with Crippen molar-refractivity contribution < 1.29 is 19.1 Å². The van der Waals surface area contributed by atoms with Gasteiger partial charge in [-0.25, -0.2) is 9.59 Å². The molecule has 1 heterocycles. The maximum absolute atomic E-state index is 12.6. The van der Waals surface area contributed by atoms with E-state index in [1.807, 2.05) is 0 Å². The fourth-order valence-electron chi connectivity index (χ4n) is 4.06. The normalized spacial score (nSPS) is 19.0. The van der Waals surface area contributed by atoms with Crippen molar-refractivity contribution in [3.05, 3.63) is 24.3 Å². The van der Waals surface area contributed by atoms with Gasteiger partial charge in [-0.15, -0.1) is 0 Å². The zero-order chi connectivity index (χ0) is 22.1. The zero-order valence-electron chi connectivity index (χ0n) is 18.1. The molecule has 5 amide bonds. The zero-order valence-corrected chi connectivity index (χ0v) is 18.1. The first-order chi connectivity index (χ1) is 15.0. The summed E-state index contributed by atoms with van der Waals surface area (Å²) in [6.07, 6.45) is 5.95. The maximum atomic E-state index is 12.6. The molecule has 0 aromatic heterocycles. The van der Waals surface area contributed by atoms with Gasteiger partial charge in [-0.05, 0) is 49.9 Å². The lowest BCUT2D eigenvalue weighted by atomic mass is 9.97. The minimum Gasteiger partial charge on any atom is -0.383 e. The standard InChI is InChI=1S/C22H33N5O4/c1-31-14-12-23-20(28)16-5-4-13-27(15-16)22(30)26-19-10-8-18(9-11-19)25-21(29)24-17-6-2-3-7-17/h8-11,16-17H,2-7,12-15H2,1H3,(H,23,28)(H,26,30)(H2,24,25,29). The smallest absolute Gasteiger partial charge is 0.321 e. The van der Waals surface area contributed by atoms with Crippen molar-refractivity contribution in [2.45, 2.75) is 44.6 Å². The van der Waals surface area contributed by atoms with Crippen molar-refractivity contribution in [1.29, 1.82) is 0 Å². The summed E-state index contributed by atoms with van der Waals surface area (Å²) in [7, 11) is 1.59. The van der Waals surface area contributed by atoms with Gasteiger partial charge >= 0.3 is 12.1 Å². The number of carbonyl (C=O) groups is 3. The van der Waals surface area contributed by atoms with Crippen LogP contribution in [0.4, 0.5) is 21.0 Å². The molecule has 1 atom stereocenters. The largest absolute Gasteiger partial charge is 0.383 e. The fraction of sp³-hybridized carbons (Fsp3) is 0.591. The summed E-state index contributed by atoms with van der Waals surface area (Å²) in [6.45, 7) is 1.95. The number of hydrogen-bond donors (Lipinski definition) is 4. The second-order valence-electron chi connectivity index (χ2n) is 8.16. The Bertz CT molecular complexity index is 749. The SMILES string of the molecule is COCCNC(=O)C1CCCN(C(=O)Nc2ccc(NC(=O)NC3CCCC3)cc2)C1. The van der Waals surface area contributed by atoms with Gasteiger partial charge in [-0.3, -0.25) is 4.79 Å². The van der Waals surface area contributed by atoms with E-state index in [4.69, 9.17) is 4.74 Å². The molecule has 9 heteroatoms. The Balaban J connectivity index is 1.45. The molecule has 0 spiro atoms. The van der Waals surface area contributed by atoms with Crippen LogP contribution in [0.15, 0.2) is 24.3 Å². The van der Waals surface area contributed by atoms with Gasteiger partial charge in [0.1, 0.15) is 0 Å². The van der Waals surface area contributed by atoms with E-state index < -0.39 is 0 Å². The van der Waals surface area contributed by atoms with Crippen molar-refractivity contribution in [1.82, 2.24) is 15.5 Å². The van der Waals surface area contributed by atoms with Crippen molar-refractivity contribution in [2.75, 3.05) is 44.0 Å². The lowest BCUT2D eigenvalue weighted by Gasteiger charge is -2.32. The topological polar surface area (TPSA) is 112 Å². The third kappa shape index (κ3) is 7.13. The molecule has 0 bridgehead atoms. The van der Waals surface area contributed by atoms with Crippen LogP contribution < -0.4 is 21.3 Å². The number of benzene rings is 1.